The Bertz CT molecular complexity index is 538. The topological polar surface area (TPSA) is 33.4 Å². The van der Waals surface area contributed by atoms with Gasteiger partial charge in [0.2, 0.25) is 0 Å². The summed E-state index contributed by atoms with van der Waals surface area (Å²) in [7, 11) is 0. The van der Waals surface area contributed by atoms with Crippen LogP contribution in [0.1, 0.15) is 37.2 Å². The molecule has 2 aromatic heterocycles. The van der Waals surface area contributed by atoms with Gasteiger partial charge in [-0.15, -0.1) is 0 Å². The summed E-state index contributed by atoms with van der Waals surface area (Å²) in [6.07, 6.45) is 2.37. The Labute approximate surface area is 108 Å². The van der Waals surface area contributed by atoms with Crippen molar-refractivity contribution in [2.24, 2.45) is 0 Å². The Hall–Kier alpha value is -1.42. The molecule has 2 aromatic rings. The van der Waals surface area contributed by atoms with Crippen LogP contribution in [0.5, 0.6) is 0 Å². The lowest BCUT2D eigenvalue weighted by Crippen LogP contribution is -2.32. The monoisotopic (exact) mass is 244 g/mol. The van der Waals surface area contributed by atoms with Gasteiger partial charge in [0.1, 0.15) is 0 Å². The van der Waals surface area contributed by atoms with Crippen LogP contribution in [-0.4, -0.2) is 39.1 Å². The molecule has 1 aliphatic rings. The maximum atomic E-state index is 4.68. The van der Waals surface area contributed by atoms with Crippen LogP contribution in [0.2, 0.25) is 0 Å². The Balaban J connectivity index is 1.85. The fourth-order valence-electron chi connectivity index (χ4n) is 2.73. The van der Waals surface area contributed by atoms with Crippen LogP contribution in [0.3, 0.4) is 0 Å². The van der Waals surface area contributed by atoms with Crippen LogP contribution in [0.4, 0.5) is 0 Å². The van der Waals surface area contributed by atoms with E-state index in [1.165, 1.54) is 25.9 Å². The van der Waals surface area contributed by atoms with Crippen molar-refractivity contribution in [2.45, 2.75) is 32.6 Å². The third-order valence-corrected chi connectivity index (χ3v) is 3.97. The van der Waals surface area contributed by atoms with Crippen LogP contribution in [0.15, 0.2) is 18.2 Å². The predicted octanol–water partition coefficient (Wildman–Crippen LogP) is 2.24. The fourth-order valence-corrected chi connectivity index (χ4v) is 2.73. The summed E-state index contributed by atoms with van der Waals surface area (Å²) in [6.45, 7) is 7.81. The first-order valence-corrected chi connectivity index (χ1v) is 6.82. The van der Waals surface area contributed by atoms with Gasteiger partial charge < -0.3 is 4.90 Å². The highest BCUT2D eigenvalue weighted by molar-refractivity contribution is 5.39. The number of fused-ring (bicyclic) bond motifs is 1. The first-order chi connectivity index (χ1) is 8.78. The van der Waals surface area contributed by atoms with E-state index in [-0.39, 0.29) is 0 Å². The van der Waals surface area contributed by atoms with Gasteiger partial charge >= 0.3 is 0 Å². The second-order valence-electron chi connectivity index (χ2n) is 5.12. The zero-order valence-corrected chi connectivity index (χ0v) is 11.1. The molecular formula is C14H20N4. The second-order valence-corrected chi connectivity index (χ2v) is 5.12. The van der Waals surface area contributed by atoms with Crippen LogP contribution < -0.4 is 0 Å². The molecule has 0 N–H and O–H groups in total. The highest BCUT2D eigenvalue weighted by Crippen LogP contribution is 2.25. The molecule has 96 valence electrons. The smallest absolute Gasteiger partial charge is 0.155 e. The molecule has 0 bridgehead atoms. The molecule has 4 heteroatoms. The average Bonchev–Trinajstić information content (AvgIpc) is 2.84. The molecular weight excluding hydrogens is 224 g/mol. The highest BCUT2D eigenvalue weighted by Gasteiger charge is 2.23. The number of likely N-dealkylation sites (tertiary alicyclic amines) is 1. The quantitative estimate of drug-likeness (QED) is 0.812. The van der Waals surface area contributed by atoms with Gasteiger partial charge in [-0.3, -0.25) is 0 Å². The molecule has 0 aromatic carbocycles. The number of pyridine rings is 1. The highest BCUT2D eigenvalue weighted by atomic mass is 15.3. The zero-order valence-electron chi connectivity index (χ0n) is 11.1. The van der Waals surface area contributed by atoms with E-state index in [9.17, 15) is 0 Å². The SMILES string of the molecule is CCN1CCC(c2nc3cccc(C)n3n2)CC1. The number of nitrogens with zero attached hydrogens (tertiary/aromatic N) is 4. The van der Waals surface area contributed by atoms with Gasteiger partial charge in [-0.05, 0) is 51.5 Å². The zero-order chi connectivity index (χ0) is 12.5. The number of aromatic nitrogens is 3. The second kappa shape index (κ2) is 4.69. The standard InChI is InChI=1S/C14H20N4/c1-3-17-9-7-12(8-10-17)14-15-13-6-4-5-11(2)18(13)16-14/h4-6,12H,3,7-10H2,1-2H3. The Morgan fingerprint density at radius 2 is 2.06 bits per heavy atom. The molecule has 0 saturated carbocycles. The van der Waals surface area contributed by atoms with E-state index in [4.69, 9.17) is 0 Å². The molecule has 0 atom stereocenters. The Kier molecular flexibility index (Phi) is 3.04. The van der Waals surface area contributed by atoms with E-state index in [0.717, 1.165) is 23.7 Å². The largest absolute Gasteiger partial charge is 0.304 e. The van der Waals surface area contributed by atoms with Gasteiger partial charge in [0.05, 0.1) is 0 Å². The molecule has 0 aliphatic carbocycles. The summed E-state index contributed by atoms with van der Waals surface area (Å²) in [5.74, 6) is 1.56. The van der Waals surface area contributed by atoms with E-state index < -0.39 is 0 Å². The van der Waals surface area contributed by atoms with Crippen LogP contribution in [0.25, 0.3) is 5.65 Å². The normalized spacial score (nSPS) is 18.6. The van der Waals surface area contributed by atoms with Gasteiger partial charge in [-0.2, -0.15) is 5.10 Å². The minimum atomic E-state index is 0.534. The predicted molar refractivity (Wildman–Crippen MR) is 71.8 cm³/mol. The Morgan fingerprint density at radius 3 is 2.72 bits per heavy atom. The van der Waals surface area contributed by atoms with Crippen LogP contribution >= 0.6 is 0 Å². The molecule has 0 unspecified atom stereocenters. The van der Waals surface area contributed by atoms with Crippen molar-refractivity contribution in [1.82, 2.24) is 19.5 Å². The van der Waals surface area contributed by atoms with Gasteiger partial charge in [0, 0.05) is 11.6 Å². The summed E-state index contributed by atoms with van der Waals surface area (Å²) >= 11 is 0. The van der Waals surface area contributed by atoms with Crippen molar-refractivity contribution in [1.29, 1.82) is 0 Å². The summed E-state index contributed by atoms with van der Waals surface area (Å²) in [5.41, 5.74) is 2.13. The minimum Gasteiger partial charge on any atom is -0.304 e. The third-order valence-electron chi connectivity index (χ3n) is 3.97. The lowest BCUT2D eigenvalue weighted by molar-refractivity contribution is 0.219. The minimum absolute atomic E-state index is 0.534. The van der Waals surface area contributed by atoms with Crippen LogP contribution in [0, 0.1) is 6.92 Å². The van der Waals surface area contributed by atoms with Crippen molar-refractivity contribution in [3.63, 3.8) is 0 Å². The molecule has 18 heavy (non-hydrogen) atoms. The molecule has 0 amide bonds. The molecule has 1 saturated heterocycles. The van der Waals surface area contributed by atoms with Crippen molar-refractivity contribution < 1.29 is 0 Å². The maximum absolute atomic E-state index is 4.68. The molecule has 3 heterocycles. The molecule has 1 fully saturated rings. The lowest BCUT2D eigenvalue weighted by atomic mass is 9.96. The Morgan fingerprint density at radius 1 is 1.28 bits per heavy atom. The number of hydrogen-bond acceptors (Lipinski definition) is 3. The molecule has 1 aliphatic heterocycles. The van der Waals surface area contributed by atoms with Crippen molar-refractivity contribution in [2.75, 3.05) is 19.6 Å². The molecule has 3 rings (SSSR count). The first-order valence-electron chi connectivity index (χ1n) is 6.82. The van der Waals surface area contributed by atoms with Gasteiger partial charge in [0.25, 0.3) is 0 Å². The summed E-state index contributed by atoms with van der Waals surface area (Å²) in [4.78, 5) is 7.18. The summed E-state index contributed by atoms with van der Waals surface area (Å²) < 4.78 is 1.96. The van der Waals surface area contributed by atoms with E-state index >= 15 is 0 Å². The molecule has 0 radical (unpaired) electrons. The number of rotatable bonds is 2. The van der Waals surface area contributed by atoms with E-state index in [2.05, 4.69) is 34.9 Å². The number of hydrogen-bond donors (Lipinski definition) is 0. The average molecular weight is 244 g/mol. The lowest BCUT2D eigenvalue weighted by Gasteiger charge is -2.29. The third kappa shape index (κ3) is 2.01. The van der Waals surface area contributed by atoms with Crippen molar-refractivity contribution in [3.8, 4) is 0 Å². The van der Waals surface area contributed by atoms with E-state index in [0.29, 0.717) is 5.92 Å². The van der Waals surface area contributed by atoms with Gasteiger partial charge in [0.15, 0.2) is 11.5 Å². The van der Waals surface area contributed by atoms with Crippen molar-refractivity contribution in [3.05, 3.63) is 29.7 Å². The fraction of sp³-hybridized carbons (Fsp3) is 0.571. The molecule has 4 nitrogen and oxygen atoms in total. The summed E-state index contributed by atoms with van der Waals surface area (Å²) in [6, 6.07) is 6.15. The van der Waals surface area contributed by atoms with Gasteiger partial charge in [-0.25, -0.2) is 9.50 Å². The summed E-state index contributed by atoms with van der Waals surface area (Å²) in [5, 5.41) is 4.67. The van der Waals surface area contributed by atoms with Crippen LogP contribution in [-0.2, 0) is 0 Å². The first kappa shape index (κ1) is 11.7. The molecule has 0 spiro atoms. The number of aryl methyl sites for hydroxylation is 1. The number of piperidine rings is 1. The maximum Gasteiger partial charge on any atom is 0.155 e. The van der Waals surface area contributed by atoms with Crippen molar-refractivity contribution >= 4 is 5.65 Å². The van der Waals surface area contributed by atoms with E-state index in [1.54, 1.807) is 0 Å². The van der Waals surface area contributed by atoms with Gasteiger partial charge in [-0.1, -0.05) is 13.0 Å². The van der Waals surface area contributed by atoms with E-state index in [1.807, 2.05) is 16.6 Å².